The van der Waals surface area contributed by atoms with Crippen LogP contribution in [0, 0.1) is 0 Å². The number of nitrogens with two attached hydrogens (primary N) is 1. The molecule has 0 aromatic carbocycles. The van der Waals surface area contributed by atoms with Crippen LogP contribution in [0.1, 0.15) is 45.8 Å². The predicted molar refractivity (Wildman–Crippen MR) is 90.4 cm³/mol. The van der Waals surface area contributed by atoms with Crippen molar-refractivity contribution in [3.8, 4) is 0 Å². The number of nitrogens with one attached hydrogen (secondary N) is 2. The first-order valence-corrected chi connectivity index (χ1v) is 8.72. The van der Waals surface area contributed by atoms with Crippen LogP contribution >= 0.6 is 11.3 Å². The van der Waals surface area contributed by atoms with Crippen molar-refractivity contribution in [2.45, 2.75) is 43.9 Å². The molecule has 0 aliphatic carbocycles. The topological polar surface area (TPSA) is 87.4 Å². The van der Waals surface area contributed by atoms with Crippen LogP contribution in [-0.4, -0.2) is 36.6 Å². The van der Waals surface area contributed by atoms with Crippen molar-refractivity contribution in [3.05, 3.63) is 33.3 Å². The van der Waals surface area contributed by atoms with Gasteiger partial charge in [-0.2, -0.15) is 13.2 Å². The lowest BCUT2D eigenvalue weighted by Gasteiger charge is -2.35. The Hall–Kier alpha value is -1.58. The van der Waals surface area contributed by atoms with Gasteiger partial charge in [0.1, 0.15) is 11.5 Å². The van der Waals surface area contributed by atoms with Crippen LogP contribution in [0.25, 0.3) is 0 Å². The average molecular weight is 377 g/mol. The Labute approximate surface area is 148 Å². The fraction of sp³-hybridized carbons (Fsp3) is 0.562. The molecule has 0 spiro atoms. The van der Waals surface area contributed by atoms with Crippen LogP contribution in [0.3, 0.4) is 0 Å². The highest BCUT2D eigenvalue weighted by molar-refractivity contribution is 7.12. The zero-order valence-corrected chi connectivity index (χ0v) is 14.8. The summed E-state index contributed by atoms with van der Waals surface area (Å²) in [4.78, 5) is 11.5. The van der Waals surface area contributed by atoms with Crippen LogP contribution in [0.2, 0.25) is 0 Å². The van der Waals surface area contributed by atoms with Crippen molar-refractivity contribution in [2.24, 2.45) is 5.73 Å². The van der Waals surface area contributed by atoms with E-state index in [2.05, 4.69) is 10.6 Å². The lowest BCUT2D eigenvalue weighted by Crippen LogP contribution is -2.46. The van der Waals surface area contributed by atoms with Gasteiger partial charge in [-0.05, 0) is 31.7 Å². The maximum absolute atomic E-state index is 13.1. The third kappa shape index (κ3) is 4.53. The minimum Gasteiger partial charge on any atom is -0.400 e. The van der Waals surface area contributed by atoms with Gasteiger partial charge in [0, 0.05) is 41.5 Å². The van der Waals surface area contributed by atoms with Gasteiger partial charge in [0.15, 0.2) is 5.78 Å². The molecule has 3 unspecified atom stereocenters. The zero-order chi connectivity index (χ0) is 18.8. The lowest BCUT2D eigenvalue weighted by molar-refractivity contribution is -0.134. The first-order valence-electron chi connectivity index (χ1n) is 7.91. The summed E-state index contributed by atoms with van der Waals surface area (Å²) in [6, 6.07) is 0.684. The minimum atomic E-state index is -4.52. The summed E-state index contributed by atoms with van der Waals surface area (Å²) in [5.74, 6) is -0.931. The number of hydrogen-bond donors (Lipinski definition) is 4. The number of aliphatic hydroxyl groups is 1. The Balaban J connectivity index is 2.39. The minimum absolute atomic E-state index is 0.0288. The molecule has 0 bridgehead atoms. The van der Waals surface area contributed by atoms with Gasteiger partial charge in [-0.3, -0.25) is 4.79 Å². The average Bonchev–Trinajstić information content (AvgIpc) is 2.99. The summed E-state index contributed by atoms with van der Waals surface area (Å²) < 4.78 is 39.3. The summed E-state index contributed by atoms with van der Waals surface area (Å²) in [6.45, 7) is 1.12. The Bertz CT molecular complexity index is 658. The van der Waals surface area contributed by atoms with Gasteiger partial charge in [-0.1, -0.05) is 0 Å². The highest BCUT2D eigenvalue weighted by Gasteiger charge is 2.38. The van der Waals surface area contributed by atoms with E-state index in [9.17, 15) is 18.0 Å². The summed E-state index contributed by atoms with van der Waals surface area (Å²) in [5.41, 5.74) is 6.54. The number of ketones is 1. The van der Waals surface area contributed by atoms with Crippen LogP contribution in [-0.2, 0) is 6.18 Å². The van der Waals surface area contributed by atoms with Gasteiger partial charge in [-0.25, -0.2) is 0 Å². The molecule has 25 heavy (non-hydrogen) atoms. The first-order chi connectivity index (χ1) is 11.7. The van der Waals surface area contributed by atoms with E-state index in [0.717, 1.165) is 6.07 Å². The molecule has 0 amide bonds. The Morgan fingerprint density at radius 2 is 2.20 bits per heavy atom. The first kappa shape index (κ1) is 19.7. The van der Waals surface area contributed by atoms with E-state index in [1.807, 2.05) is 6.92 Å². The molecular weight excluding hydrogens is 355 g/mol. The summed E-state index contributed by atoms with van der Waals surface area (Å²) in [7, 11) is 1.71. The summed E-state index contributed by atoms with van der Waals surface area (Å²) >= 11 is 0.585. The molecule has 1 aliphatic rings. The normalized spacial score (nSPS) is 25.0. The smallest absolute Gasteiger partial charge is 0.400 e. The number of hydrogen-bond acceptors (Lipinski definition) is 6. The highest BCUT2D eigenvalue weighted by atomic mass is 32.1. The van der Waals surface area contributed by atoms with E-state index in [-0.39, 0.29) is 23.6 Å². The fourth-order valence-electron chi connectivity index (χ4n) is 3.15. The van der Waals surface area contributed by atoms with E-state index in [1.54, 1.807) is 13.2 Å². The van der Waals surface area contributed by atoms with Gasteiger partial charge in [-0.15, -0.1) is 11.3 Å². The van der Waals surface area contributed by atoms with Crippen molar-refractivity contribution in [1.29, 1.82) is 0 Å². The lowest BCUT2D eigenvalue weighted by atomic mass is 9.84. The molecule has 1 aromatic rings. The molecular formula is C16H22F3N3O2S. The van der Waals surface area contributed by atoms with E-state index in [4.69, 9.17) is 10.8 Å². The molecule has 9 heteroatoms. The molecule has 1 fully saturated rings. The van der Waals surface area contributed by atoms with Crippen LogP contribution < -0.4 is 16.4 Å². The Morgan fingerprint density at radius 3 is 2.76 bits per heavy atom. The molecule has 5 nitrogen and oxygen atoms in total. The van der Waals surface area contributed by atoms with Crippen molar-refractivity contribution >= 4 is 17.1 Å². The van der Waals surface area contributed by atoms with E-state index in [0.29, 0.717) is 34.8 Å². The zero-order valence-electron chi connectivity index (χ0n) is 14.0. The number of aliphatic hydroxyl groups excluding tert-OH is 1. The number of Topliss-reactive ketones (excluding diaryl/α,β-unsaturated/α-hetero) is 1. The predicted octanol–water partition coefficient (Wildman–Crippen LogP) is 2.19. The van der Waals surface area contributed by atoms with E-state index >= 15 is 0 Å². The maximum atomic E-state index is 13.1. The number of rotatable bonds is 5. The fourth-order valence-corrected chi connectivity index (χ4v) is 4.32. The second-order valence-corrected chi connectivity index (χ2v) is 7.27. The summed E-state index contributed by atoms with van der Waals surface area (Å²) in [6.07, 6.45) is -1.80. The Kier molecular flexibility index (Phi) is 6.12. The molecule has 0 saturated carbocycles. The van der Waals surface area contributed by atoms with E-state index < -0.39 is 23.4 Å². The van der Waals surface area contributed by atoms with Crippen molar-refractivity contribution in [3.63, 3.8) is 0 Å². The molecule has 3 atom stereocenters. The van der Waals surface area contributed by atoms with Crippen LogP contribution in [0.4, 0.5) is 13.2 Å². The maximum Gasteiger partial charge on any atom is 0.425 e. The van der Waals surface area contributed by atoms with E-state index in [1.165, 1.54) is 0 Å². The van der Waals surface area contributed by atoms with Gasteiger partial charge in [0.2, 0.25) is 0 Å². The SMILES string of the molecule is CN/C=C(\N)C1CC(c2sc(C(F)(F)F)cc2C(=O)CO)CC(C)N1. The number of piperidine rings is 1. The number of alkyl halides is 3. The largest absolute Gasteiger partial charge is 0.425 e. The number of carbonyl (C=O) groups is 1. The van der Waals surface area contributed by atoms with Crippen molar-refractivity contribution < 1.29 is 23.1 Å². The van der Waals surface area contributed by atoms with Crippen LogP contribution in [0.5, 0.6) is 0 Å². The Morgan fingerprint density at radius 1 is 1.52 bits per heavy atom. The monoisotopic (exact) mass is 377 g/mol. The van der Waals surface area contributed by atoms with Gasteiger partial charge in [0.05, 0.1) is 0 Å². The number of thiophene rings is 1. The van der Waals surface area contributed by atoms with Crippen molar-refractivity contribution in [2.75, 3.05) is 13.7 Å². The third-order valence-corrected chi connectivity index (χ3v) is 5.55. The molecule has 5 N–H and O–H groups in total. The third-order valence-electron chi connectivity index (χ3n) is 4.21. The molecule has 1 saturated heterocycles. The number of halogens is 3. The van der Waals surface area contributed by atoms with Gasteiger partial charge >= 0.3 is 6.18 Å². The van der Waals surface area contributed by atoms with Gasteiger partial charge in [0.25, 0.3) is 0 Å². The van der Waals surface area contributed by atoms with Crippen molar-refractivity contribution in [1.82, 2.24) is 10.6 Å². The highest BCUT2D eigenvalue weighted by Crippen LogP contribution is 2.43. The van der Waals surface area contributed by atoms with Gasteiger partial charge < -0.3 is 21.5 Å². The molecule has 140 valence electrons. The molecule has 1 aliphatic heterocycles. The molecule has 0 radical (unpaired) electrons. The second-order valence-electron chi connectivity index (χ2n) is 6.19. The molecule has 1 aromatic heterocycles. The quantitative estimate of drug-likeness (QED) is 0.591. The molecule has 2 heterocycles. The summed E-state index contributed by atoms with van der Waals surface area (Å²) in [5, 5.41) is 15.3. The molecule has 2 rings (SSSR count). The second kappa shape index (κ2) is 7.76. The number of carbonyl (C=O) groups excluding carboxylic acids is 1. The standard InChI is InChI=1S/C16H22F3N3O2S/c1-8-3-9(4-12(22-8)11(20)6-21-2)15-10(13(24)7-23)5-14(25-15)16(17,18)19/h5-6,8-9,12,21-23H,3-4,7,20H2,1-2H3/b11-6-. The van der Waals surface area contributed by atoms with Crippen LogP contribution in [0.15, 0.2) is 18.0 Å².